The molecular weight excluding hydrogens is 345 g/mol. The lowest BCUT2D eigenvalue weighted by Gasteiger charge is -2.19. The van der Waals surface area contributed by atoms with Crippen molar-refractivity contribution in [2.24, 2.45) is 0 Å². The second kappa shape index (κ2) is 6.40. The van der Waals surface area contributed by atoms with Gasteiger partial charge >= 0.3 is 5.97 Å². The number of aryl methyl sites for hydroxylation is 1. The number of terminal acetylenes is 1. The molecule has 0 fully saturated rings. The number of carboxylic acids is 1. The third-order valence-corrected chi connectivity index (χ3v) is 3.75. The summed E-state index contributed by atoms with van der Waals surface area (Å²) in [6.07, 6.45) is 5.15. The van der Waals surface area contributed by atoms with Gasteiger partial charge in [0.05, 0.1) is 12.1 Å². The Morgan fingerprint density at radius 2 is 2.17 bits per heavy atom. The first-order chi connectivity index (χ1) is 8.47. The summed E-state index contributed by atoms with van der Waals surface area (Å²) < 4.78 is 0.813. The lowest BCUT2D eigenvalue weighted by atomic mass is 10.1. The first kappa shape index (κ1) is 14.5. The summed E-state index contributed by atoms with van der Waals surface area (Å²) in [4.78, 5) is 24.1. The number of benzene rings is 1. The van der Waals surface area contributed by atoms with Gasteiger partial charge in [-0.1, -0.05) is 18.1 Å². The number of rotatable bonds is 4. The van der Waals surface area contributed by atoms with Crippen LogP contribution in [-0.4, -0.2) is 35.0 Å². The maximum Gasteiger partial charge on any atom is 0.323 e. The number of aliphatic carboxylic acids is 1. The molecule has 0 spiro atoms. The molecule has 0 aliphatic heterocycles. The number of carboxylic acid groups (broad SMARTS) is 1. The van der Waals surface area contributed by atoms with Gasteiger partial charge in [-0.15, -0.1) is 6.42 Å². The van der Waals surface area contributed by atoms with Gasteiger partial charge in [-0.25, -0.2) is 0 Å². The third kappa shape index (κ3) is 3.47. The standard InChI is InChI=1S/C13H12INO3/c1-3-7-15(8-11(16)17)13(18)10-6-4-5-9(2)12(10)14/h1,4-6H,7-8H2,2H3,(H,16,17). The van der Waals surface area contributed by atoms with E-state index >= 15 is 0 Å². The molecule has 18 heavy (non-hydrogen) atoms. The summed E-state index contributed by atoms with van der Waals surface area (Å²) >= 11 is 2.07. The van der Waals surface area contributed by atoms with Gasteiger partial charge in [0.1, 0.15) is 6.54 Å². The number of nitrogens with zero attached hydrogens (tertiary/aromatic N) is 1. The second-order valence-electron chi connectivity index (χ2n) is 3.70. The first-order valence-electron chi connectivity index (χ1n) is 5.17. The molecule has 0 radical (unpaired) electrons. The van der Waals surface area contributed by atoms with Crippen molar-refractivity contribution in [2.75, 3.05) is 13.1 Å². The lowest BCUT2D eigenvalue weighted by molar-refractivity contribution is -0.137. The largest absolute Gasteiger partial charge is 0.480 e. The molecule has 1 aromatic carbocycles. The van der Waals surface area contributed by atoms with Crippen LogP contribution in [0.4, 0.5) is 0 Å². The maximum atomic E-state index is 12.2. The molecule has 0 atom stereocenters. The van der Waals surface area contributed by atoms with Crippen molar-refractivity contribution in [1.29, 1.82) is 0 Å². The normalized spacial score (nSPS) is 9.61. The van der Waals surface area contributed by atoms with Gasteiger partial charge in [0.15, 0.2) is 0 Å². The van der Waals surface area contributed by atoms with E-state index in [0.29, 0.717) is 5.56 Å². The van der Waals surface area contributed by atoms with Crippen LogP contribution in [0.1, 0.15) is 15.9 Å². The summed E-state index contributed by atoms with van der Waals surface area (Å²) in [7, 11) is 0. The monoisotopic (exact) mass is 357 g/mol. The summed E-state index contributed by atoms with van der Waals surface area (Å²) in [5, 5.41) is 8.77. The zero-order valence-electron chi connectivity index (χ0n) is 9.81. The Bertz CT molecular complexity index is 519. The van der Waals surface area contributed by atoms with Crippen molar-refractivity contribution in [3.63, 3.8) is 0 Å². The smallest absolute Gasteiger partial charge is 0.323 e. The minimum Gasteiger partial charge on any atom is -0.480 e. The van der Waals surface area contributed by atoms with Crippen LogP contribution in [0.5, 0.6) is 0 Å². The fraction of sp³-hybridized carbons (Fsp3) is 0.231. The average Bonchev–Trinajstić information content (AvgIpc) is 2.31. The SMILES string of the molecule is C#CCN(CC(=O)O)C(=O)c1cccc(C)c1I. The molecule has 94 valence electrons. The van der Waals surface area contributed by atoms with Crippen molar-refractivity contribution >= 4 is 34.5 Å². The van der Waals surface area contributed by atoms with E-state index in [-0.39, 0.29) is 12.5 Å². The molecule has 0 saturated carbocycles. The molecule has 0 bridgehead atoms. The summed E-state index contributed by atoms with van der Waals surface area (Å²) in [5.74, 6) is 0.857. The van der Waals surface area contributed by atoms with Gasteiger partial charge in [-0.3, -0.25) is 9.59 Å². The van der Waals surface area contributed by atoms with Gasteiger partial charge in [-0.2, -0.15) is 0 Å². The van der Waals surface area contributed by atoms with E-state index in [2.05, 4.69) is 28.5 Å². The maximum absolute atomic E-state index is 12.2. The van der Waals surface area contributed by atoms with Crippen molar-refractivity contribution in [2.45, 2.75) is 6.92 Å². The lowest BCUT2D eigenvalue weighted by Crippen LogP contribution is -2.36. The minimum atomic E-state index is -1.08. The van der Waals surface area contributed by atoms with Gasteiger partial charge < -0.3 is 10.0 Å². The van der Waals surface area contributed by atoms with E-state index in [1.807, 2.05) is 13.0 Å². The Hall–Kier alpha value is -1.55. The topological polar surface area (TPSA) is 57.6 Å². The Morgan fingerprint density at radius 1 is 1.50 bits per heavy atom. The highest BCUT2D eigenvalue weighted by Crippen LogP contribution is 2.18. The number of carbonyl (C=O) groups is 2. The fourth-order valence-corrected chi connectivity index (χ4v) is 2.05. The molecule has 0 heterocycles. The van der Waals surface area contributed by atoms with Gasteiger partial charge in [0.25, 0.3) is 5.91 Å². The molecule has 0 aromatic heterocycles. The van der Waals surface area contributed by atoms with E-state index in [1.165, 1.54) is 0 Å². The highest BCUT2D eigenvalue weighted by Gasteiger charge is 2.20. The van der Waals surface area contributed by atoms with Crippen LogP contribution >= 0.6 is 22.6 Å². The number of amides is 1. The van der Waals surface area contributed by atoms with Crippen LogP contribution in [0, 0.1) is 22.8 Å². The summed E-state index contributed by atoms with van der Waals surface area (Å²) in [5.41, 5.74) is 1.45. The number of halogens is 1. The first-order valence-corrected chi connectivity index (χ1v) is 6.25. The number of carbonyl (C=O) groups excluding carboxylic acids is 1. The highest BCUT2D eigenvalue weighted by atomic mass is 127. The van der Waals surface area contributed by atoms with Gasteiger partial charge in [0.2, 0.25) is 0 Å². The number of hydrogen-bond acceptors (Lipinski definition) is 2. The van der Waals surface area contributed by atoms with Crippen molar-refractivity contribution in [3.8, 4) is 12.3 Å². The Balaban J connectivity index is 3.06. The molecular formula is C13H12INO3. The summed E-state index contributed by atoms with van der Waals surface area (Å²) in [6.45, 7) is 1.48. The molecule has 0 unspecified atom stereocenters. The van der Waals surface area contributed by atoms with Crippen molar-refractivity contribution in [3.05, 3.63) is 32.9 Å². The van der Waals surface area contributed by atoms with Crippen molar-refractivity contribution in [1.82, 2.24) is 4.90 Å². The molecule has 0 aliphatic carbocycles. The molecule has 1 amide bonds. The fourth-order valence-electron chi connectivity index (χ4n) is 1.46. The van der Waals surface area contributed by atoms with Crippen LogP contribution in [0.3, 0.4) is 0 Å². The van der Waals surface area contributed by atoms with E-state index in [9.17, 15) is 9.59 Å². The molecule has 4 nitrogen and oxygen atoms in total. The van der Waals surface area contributed by atoms with E-state index in [0.717, 1.165) is 14.0 Å². The van der Waals surface area contributed by atoms with Crippen LogP contribution in [0.15, 0.2) is 18.2 Å². The second-order valence-corrected chi connectivity index (χ2v) is 4.77. The zero-order valence-corrected chi connectivity index (χ0v) is 12.0. The molecule has 5 heteroatoms. The quantitative estimate of drug-likeness (QED) is 0.660. The molecule has 1 N–H and O–H groups in total. The van der Waals surface area contributed by atoms with Crippen LogP contribution in [0.2, 0.25) is 0 Å². The molecule has 0 aliphatic rings. The van der Waals surface area contributed by atoms with E-state index in [4.69, 9.17) is 11.5 Å². The summed E-state index contributed by atoms with van der Waals surface area (Å²) in [6, 6.07) is 5.32. The van der Waals surface area contributed by atoms with Gasteiger partial charge in [-0.05, 0) is 41.1 Å². The molecule has 1 aromatic rings. The molecule has 1 rings (SSSR count). The van der Waals surface area contributed by atoms with Crippen LogP contribution < -0.4 is 0 Å². The van der Waals surface area contributed by atoms with Crippen molar-refractivity contribution < 1.29 is 14.7 Å². The predicted molar refractivity (Wildman–Crippen MR) is 76.3 cm³/mol. The molecule has 0 saturated heterocycles. The van der Waals surface area contributed by atoms with Crippen LogP contribution in [-0.2, 0) is 4.79 Å². The Labute approximate surface area is 119 Å². The minimum absolute atomic E-state index is 0.0187. The van der Waals surface area contributed by atoms with Gasteiger partial charge in [0, 0.05) is 3.57 Å². The Kier molecular flexibility index (Phi) is 5.16. The highest BCUT2D eigenvalue weighted by molar-refractivity contribution is 14.1. The van der Waals surface area contributed by atoms with E-state index in [1.54, 1.807) is 12.1 Å². The van der Waals surface area contributed by atoms with E-state index < -0.39 is 12.5 Å². The third-order valence-electron chi connectivity index (χ3n) is 2.32. The number of hydrogen-bond donors (Lipinski definition) is 1. The van der Waals surface area contributed by atoms with Crippen LogP contribution in [0.25, 0.3) is 0 Å². The average molecular weight is 357 g/mol. The Morgan fingerprint density at radius 3 is 2.72 bits per heavy atom. The predicted octanol–water partition coefficient (Wildman–Crippen LogP) is 1.76. The zero-order chi connectivity index (χ0) is 13.7.